The number of ether oxygens (including phenoxy) is 2. The molecule has 17 heteroatoms. The molecule has 25 heavy (non-hydrogen) atoms. The molecule has 0 N–H and O–H groups in total. The minimum absolute atomic E-state index is 0.166. The summed E-state index contributed by atoms with van der Waals surface area (Å²) in [5, 5.41) is 0. The van der Waals surface area contributed by atoms with Crippen LogP contribution in [0.25, 0.3) is 0 Å². The highest BCUT2D eigenvalue weighted by atomic mass is 28.4. The van der Waals surface area contributed by atoms with Gasteiger partial charge in [0.1, 0.15) is 0 Å². The molecule has 0 saturated heterocycles. The Morgan fingerprint density at radius 3 is 1.52 bits per heavy atom. The standard InChI is InChI=1S/C8H9F11O5Si/c1-20-25(21-2,7(15,16)3(9)6(12,13)14)24-5(22-4(10)11)23-8(17,18)19/h3-5H,1-2H3. The third-order valence-electron chi connectivity index (χ3n) is 2.25. The summed E-state index contributed by atoms with van der Waals surface area (Å²) < 4.78 is 155. The highest BCUT2D eigenvalue weighted by molar-refractivity contribution is 6.63. The van der Waals surface area contributed by atoms with E-state index in [-0.39, 0.29) is 14.2 Å². The molecule has 0 fully saturated rings. The zero-order valence-corrected chi connectivity index (χ0v) is 12.9. The van der Waals surface area contributed by atoms with Crippen molar-refractivity contribution in [1.82, 2.24) is 0 Å². The summed E-state index contributed by atoms with van der Waals surface area (Å²) in [5.41, 5.74) is -5.74. The van der Waals surface area contributed by atoms with Gasteiger partial charge in [-0.15, -0.1) is 13.2 Å². The summed E-state index contributed by atoms with van der Waals surface area (Å²) in [6.07, 6.45) is -17.0. The van der Waals surface area contributed by atoms with E-state index in [4.69, 9.17) is 0 Å². The monoisotopic (exact) mass is 422 g/mol. The predicted octanol–water partition coefficient (Wildman–Crippen LogP) is 3.37. The fourth-order valence-corrected chi connectivity index (χ4v) is 3.18. The Morgan fingerprint density at radius 1 is 0.800 bits per heavy atom. The van der Waals surface area contributed by atoms with Gasteiger partial charge in [-0.2, -0.15) is 30.7 Å². The van der Waals surface area contributed by atoms with Gasteiger partial charge in [0.2, 0.25) is 0 Å². The molecule has 0 aliphatic heterocycles. The normalized spacial score (nSPS) is 17.0. The number of halogens is 11. The van der Waals surface area contributed by atoms with E-state index in [1.807, 2.05) is 0 Å². The molecule has 2 unspecified atom stereocenters. The van der Waals surface area contributed by atoms with Crippen LogP contribution in [-0.4, -0.2) is 60.4 Å². The van der Waals surface area contributed by atoms with Crippen LogP contribution in [0.3, 0.4) is 0 Å². The Hall–Kier alpha value is -0.753. The topological polar surface area (TPSA) is 46.2 Å². The van der Waals surface area contributed by atoms with Gasteiger partial charge in [-0.3, -0.25) is 4.74 Å². The Morgan fingerprint density at radius 2 is 1.24 bits per heavy atom. The van der Waals surface area contributed by atoms with Gasteiger partial charge in [-0.1, -0.05) is 0 Å². The smallest absolute Gasteiger partial charge is 0.373 e. The van der Waals surface area contributed by atoms with Crippen molar-refractivity contribution in [2.75, 3.05) is 14.2 Å². The van der Waals surface area contributed by atoms with Crippen molar-refractivity contribution in [3.05, 3.63) is 0 Å². The SMILES string of the molecule is CO[Si](OC)(OC(OC(F)F)OC(F)(F)F)C(F)(F)C(F)C(F)(F)F. The molecule has 0 aromatic rings. The summed E-state index contributed by atoms with van der Waals surface area (Å²) in [7, 11) is -6.05. The zero-order valence-electron chi connectivity index (χ0n) is 11.9. The first-order valence-electron chi connectivity index (χ1n) is 5.57. The van der Waals surface area contributed by atoms with Gasteiger partial charge in [0.05, 0.1) is 0 Å². The molecule has 0 saturated carbocycles. The largest absolute Gasteiger partial charge is 0.581 e. The van der Waals surface area contributed by atoms with E-state index in [2.05, 4.69) is 22.8 Å². The molecule has 0 rings (SSSR count). The number of rotatable bonds is 9. The minimum Gasteiger partial charge on any atom is -0.373 e. The molecule has 0 bridgehead atoms. The van der Waals surface area contributed by atoms with Crippen LogP contribution >= 0.6 is 0 Å². The Kier molecular flexibility index (Phi) is 8.04. The highest BCUT2D eigenvalue weighted by Crippen LogP contribution is 2.42. The third kappa shape index (κ3) is 6.48. The molecule has 2 atom stereocenters. The van der Waals surface area contributed by atoms with Crippen LogP contribution in [0, 0.1) is 0 Å². The van der Waals surface area contributed by atoms with Crippen molar-refractivity contribution >= 4 is 8.80 Å². The number of hydrogen-bond donors (Lipinski definition) is 0. The lowest BCUT2D eigenvalue weighted by Crippen LogP contribution is -2.67. The summed E-state index contributed by atoms with van der Waals surface area (Å²) in [6, 6.07) is 0. The molecule has 0 heterocycles. The second-order valence-electron chi connectivity index (χ2n) is 3.86. The van der Waals surface area contributed by atoms with Crippen molar-refractivity contribution < 1.29 is 71.0 Å². The van der Waals surface area contributed by atoms with Gasteiger partial charge in [-0.05, 0) is 0 Å². The first-order chi connectivity index (χ1) is 11.0. The second kappa shape index (κ2) is 8.29. The molecule has 0 aliphatic rings. The zero-order chi connectivity index (χ0) is 20.3. The van der Waals surface area contributed by atoms with E-state index < -0.39 is 46.1 Å². The maximum Gasteiger partial charge on any atom is 0.581 e. The van der Waals surface area contributed by atoms with Gasteiger partial charge in [-0.25, -0.2) is 9.13 Å². The minimum atomic E-state index is -6.39. The number of alkyl halides is 11. The third-order valence-corrected chi connectivity index (χ3v) is 4.89. The Labute approximate surface area is 132 Å². The fraction of sp³-hybridized carbons (Fsp3) is 1.00. The highest BCUT2D eigenvalue weighted by Gasteiger charge is 2.75. The van der Waals surface area contributed by atoms with Crippen LogP contribution in [0.4, 0.5) is 48.3 Å². The van der Waals surface area contributed by atoms with Gasteiger partial charge >= 0.3 is 33.5 Å². The molecule has 0 aromatic heterocycles. The Bertz CT molecular complexity index is 410. The van der Waals surface area contributed by atoms with Crippen LogP contribution in [0.2, 0.25) is 0 Å². The van der Waals surface area contributed by atoms with Gasteiger partial charge in [0, 0.05) is 14.2 Å². The van der Waals surface area contributed by atoms with Crippen molar-refractivity contribution in [2.24, 2.45) is 0 Å². The fourth-order valence-electron chi connectivity index (χ4n) is 1.29. The van der Waals surface area contributed by atoms with E-state index in [9.17, 15) is 48.3 Å². The van der Waals surface area contributed by atoms with Crippen LogP contribution < -0.4 is 0 Å². The van der Waals surface area contributed by atoms with Crippen LogP contribution in [0.5, 0.6) is 0 Å². The molecule has 0 amide bonds. The molecule has 0 aromatic carbocycles. The van der Waals surface area contributed by atoms with Crippen molar-refractivity contribution in [1.29, 1.82) is 0 Å². The summed E-state index contributed by atoms with van der Waals surface area (Å²) in [4.78, 5) is 0. The molecule has 0 aliphatic carbocycles. The molecule has 152 valence electrons. The van der Waals surface area contributed by atoms with Gasteiger partial charge in [0.25, 0.3) is 12.6 Å². The Balaban J connectivity index is 5.80. The summed E-state index contributed by atoms with van der Waals surface area (Å²) in [6.45, 7) is -7.84. The van der Waals surface area contributed by atoms with E-state index >= 15 is 0 Å². The second-order valence-corrected chi connectivity index (χ2v) is 6.69. The molecule has 0 radical (unpaired) electrons. The van der Waals surface area contributed by atoms with E-state index in [1.54, 1.807) is 0 Å². The van der Waals surface area contributed by atoms with E-state index in [1.165, 1.54) is 0 Å². The lowest BCUT2D eigenvalue weighted by Gasteiger charge is -2.36. The predicted molar refractivity (Wildman–Crippen MR) is 54.8 cm³/mol. The molecule has 5 nitrogen and oxygen atoms in total. The van der Waals surface area contributed by atoms with Crippen LogP contribution in [0.1, 0.15) is 0 Å². The average Bonchev–Trinajstić information content (AvgIpc) is 2.40. The van der Waals surface area contributed by atoms with Crippen molar-refractivity contribution in [3.8, 4) is 0 Å². The van der Waals surface area contributed by atoms with Gasteiger partial charge < -0.3 is 13.3 Å². The van der Waals surface area contributed by atoms with Crippen molar-refractivity contribution in [3.63, 3.8) is 0 Å². The van der Waals surface area contributed by atoms with Crippen LogP contribution in [0.15, 0.2) is 0 Å². The summed E-state index contributed by atoms with van der Waals surface area (Å²) >= 11 is 0. The maximum atomic E-state index is 13.8. The number of hydrogen-bond acceptors (Lipinski definition) is 5. The van der Waals surface area contributed by atoms with E-state index in [0.29, 0.717) is 0 Å². The molecular weight excluding hydrogens is 413 g/mol. The van der Waals surface area contributed by atoms with Crippen molar-refractivity contribution in [2.45, 2.75) is 37.3 Å². The first kappa shape index (κ1) is 24.2. The molecule has 0 spiro atoms. The lowest BCUT2D eigenvalue weighted by molar-refractivity contribution is -0.441. The summed E-state index contributed by atoms with van der Waals surface area (Å²) in [5.74, 6) is 0. The van der Waals surface area contributed by atoms with Gasteiger partial charge in [0.15, 0.2) is 0 Å². The quantitative estimate of drug-likeness (QED) is 0.324. The van der Waals surface area contributed by atoms with E-state index in [0.717, 1.165) is 0 Å². The average molecular weight is 422 g/mol. The maximum absolute atomic E-state index is 13.8. The molecular formula is C8H9F11O5Si. The first-order valence-corrected chi connectivity index (χ1v) is 7.29. The van der Waals surface area contributed by atoms with Crippen LogP contribution in [-0.2, 0) is 22.8 Å². The lowest BCUT2D eigenvalue weighted by atomic mass is 10.4.